The zero-order valence-corrected chi connectivity index (χ0v) is 18.8. The molecule has 2 aromatic carbocycles. The van der Waals surface area contributed by atoms with Crippen LogP contribution in [0.1, 0.15) is 32.3 Å². The van der Waals surface area contributed by atoms with Crippen LogP contribution < -0.4 is 10.9 Å². The van der Waals surface area contributed by atoms with Crippen molar-refractivity contribution in [3.05, 3.63) is 82.9 Å². The predicted molar refractivity (Wildman–Crippen MR) is 127 cm³/mol. The van der Waals surface area contributed by atoms with E-state index in [1.165, 1.54) is 11.8 Å². The number of hydrogen-bond donors (Lipinski definition) is 1. The molecule has 4 rings (SSSR count). The van der Waals surface area contributed by atoms with Crippen LogP contribution in [0.15, 0.2) is 76.9 Å². The molecule has 1 N–H and O–H groups in total. The number of aromatic nitrogens is 4. The van der Waals surface area contributed by atoms with E-state index in [2.05, 4.69) is 29.1 Å². The van der Waals surface area contributed by atoms with E-state index < -0.39 is 5.25 Å². The highest BCUT2D eigenvalue weighted by Crippen LogP contribution is 2.29. The molecule has 0 saturated carbocycles. The molecule has 1 amide bonds. The number of amides is 1. The number of nitrogens with one attached hydrogen (secondary N) is 1. The summed E-state index contributed by atoms with van der Waals surface area (Å²) in [5.41, 5.74) is 2.23. The van der Waals surface area contributed by atoms with Gasteiger partial charge < -0.3 is 0 Å². The summed E-state index contributed by atoms with van der Waals surface area (Å²) in [5, 5.41) is 3.16. The second-order valence-electron chi connectivity index (χ2n) is 7.59. The summed E-state index contributed by atoms with van der Waals surface area (Å²) < 4.78 is 1.62. The van der Waals surface area contributed by atoms with Gasteiger partial charge in [0.1, 0.15) is 0 Å². The summed E-state index contributed by atoms with van der Waals surface area (Å²) in [6.45, 7) is 5.94. The number of rotatable bonds is 6. The van der Waals surface area contributed by atoms with E-state index in [9.17, 15) is 9.59 Å². The summed E-state index contributed by atoms with van der Waals surface area (Å²) in [6, 6.07) is 16.7. The number of benzene rings is 2. The molecular formula is C24H23N5O2S. The lowest BCUT2D eigenvalue weighted by Gasteiger charge is -2.19. The monoisotopic (exact) mass is 445 g/mol. The Morgan fingerprint density at radius 2 is 1.66 bits per heavy atom. The van der Waals surface area contributed by atoms with Gasteiger partial charge in [0.05, 0.1) is 21.8 Å². The summed E-state index contributed by atoms with van der Waals surface area (Å²) in [6.07, 6.45) is 3.12. The Balaban J connectivity index is 1.79. The van der Waals surface area contributed by atoms with Crippen LogP contribution in [0.4, 0.5) is 5.95 Å². The quantitative estimate of drug-likeness (QED) is 0.349. The maximum atomic E-state index is 13.6. The number of thioether (sulfide) groups is 1. The fourth-order valence-corrected chi connectivity index (χ4v) is 4.29. The van der Waals surface area contributed by atoms with Crippen molar-refractivity contribution in [3.63, 3.8) is 0 Å². The summed E-state index contributed by atoms with van der Waals surface area (Å²) in [4.78, 5) is 39.1. The molecule has 0 bridgehead atoms. The normalized spacial score (nSPS) is 12.1. The van der Waals surface area contributed by atoms with Crippen LogP contribution in [0.3, 0.4) is 0 Å². The molecule has 0 fully saturated rings. The van der Waals surface area contributed by atoms with Crippen LogP contribution >= 0.6 is 11.8 Å². The fourth-order valence-electron chi connectivity index (χ4n) is 3.37. The first-order valence-electron chi connectivity index (χ1n) is 10.3. The fraction of sp³-hybridized carbons (Fsp3) is 0.208. The third-order valence-electron chi connectivity index (χ3n) is 5.00. The molecule has 1 atom stereocenters. The molecule has 0 aliphatic rings. The summed E-state index contributed by atoms with van der Waals surface area (Å²) in [5.74, 6) is 0.171. The molecule has 8 heteroatoms. The second-order valence-corrected chi connectivity index (χ2v) is 8.90. The average molecular weight is 446 g/mol. The Morgan fingerprint density at radius 3 is 2.41 bits per heavy atom. The lowest BCUT2D eigenvalue weighted by atomic mass is 10.0. The van der Waals surface area contributed by atoms with Crippen LogP contribution in [0.25, 0.3) is 16.6 Å². The third kappa shape index (κ3) is 4.40. The van der Waals surface area contributed by atoms with E-state index in [4.69, 9.17) is 4.98 Å². The number of hydrogen-bond acceptors (Lipinski definition) is 6. The van der Waals surface area contributed by atoms with E-state index in [-0.39, 0.29) is 23.3 Å². The summed E-state index contributed by atoms with van der Waals surface area (Å²) in [7, 11) is 0. The molecule has 0 radical (unpaired) electrons. The number of nitrogens with zero attached hydrogens (tertiary/aromatic N) is 4. The van der Waals surface area contributed by atoms with E-state index in [0.29, 0.717) is 16.1 Å². The summed E-state index contributed by atoms with van der Waals surface area (Å²) >= 11 is 1.23. The van der Waals surface area contributed by atoms with Gasteiger partial charge in [-0.05, 0) is 42.7 Å². The lowest BCUT2D eigenvalue weighted by Crippen LogP contribution is -2.27. The molecule has 2 heterocycles. The first-order valence-corrected chi connectivity index (χ1v) is 11.2. The van der Waals surface area contributed by atoms with Gasteiger partial charge in [0, 0.05) is 12.4 Å². The van der Waals surface area contributed by atoms with E-state index in [1.807, 2.05) is 42.5 Å². The van der Waals surface area contributed by atoms with E-state index in [1.54, 1.807) is 36.0 Å². The van der Waals surface area contributed by atoms with Crippen LogP contribution in [0, 0.1) is 0 Å². The number of carbonyl (C=O) groups is 1. The zero-order chi connectivity index (χ0) is 22.7. The van der Waals surface area contributed by atoms with Gasteiger partial charge in [-0.2, -0.15) is 0 Å². The van der Waals surface area contributed by atoms with Gasteiger partial charge >= 0.3 is 0 Å². The van der Waals surface area contributed by atoms with Gasteiger partial charge in [-0.25, -0.2) is 15.0 Å². The van der Waals surface area contributed by atoms with Crippen molar-refractivity contribution in [1.29, 1.82) is 0 Å². The molecule has 162 valence electrons. The highest BCUT2D eigenvalue weighted by molar-refractivity contribution is 8.00. The van der Waals surface area contributed by atoms with Gasteiger partial charge in [0.15, 0.2) is 5.16 Å². The highest BCUT2D eigenvalue weighted by Gasteiger charge is 2.22. The topological polar surface area (TPSA) is 89.8 Å². The predicted octanol–water partition coefficient (Wildman–Crippen LogP) is 4.42. The number of carbonyl (C=O) groups excluding carboxylic acids is 1. The third-order valence-corrected chi connectivity index (χ3v) is 6.05. The Kier molecular flexibility index (Phi) is 6.32. The van der Waals surface area contributed by atoms with Gasteiger partial charge in [0.25, 0.3) is 5.56 Å². The SMILES string of the molecule is CC(Sc1nc2ccccc2c(=O)n1-c1ccccc1C(C)C)C(=O)Nc1ncccn1. The number of fused-ring (bicyclic) bond motifs is 1. The van der Waals surface area contributed by atoms with Crippen molar-refractivity contribution >= 4 is 34.5 Å². The zero-order valence-electron chi connectivity index (χ0n) is 18.0. The maximum Gasteiger partial charge on any atom is 0.266 e. The van der Waals surface area contributed by atoms with Crippen LogP contribution in [0.2, 0.25) is 0 Å². The molecule has 0 saturated heterocycles. The molecule has 0 aliphatic carbocycles. The average Bonchev–Trinajstić information content (AvgIpc) is 2.80. The Labute approximate surface area is 190 Å². The van der Waals surface area contributed by atoms with Crippen molar-refractivity contribution in [2.45, 2.75) is 37.1 Å². The standard InChI is InChI=1S/C24H23N5O2S/c1-15(2)17-9-5-7-12-20(17)29-22(31)18-10-4-6-11-19(18)27-24(29)32-16(3)21(30)28-23-25-13-8-14-26-23/h4-16H,1-3H3,(H,25,26,28,30). The molecule has 2 aromatic heterocycles. The van der Waals surface area contributed by atoms with Gasteiger partial charge in [-0.15, -0.1) is 0 Å². The van der Waals surface area contributed by atoms with Crippen LogP contribution in [-0.4, -0.2) is 30.7 Å². The van der Waals surface area contributed by atoms with Gasteiger partial charge in [-0.1, -0.05) is 55.9 Å². The van der Waals surface area contributed by atoms with Crippen molar-refractivity contribution in [2.24, 2.45) is 0 Å². The van der Waals surface area contributed by atoms with Crippen molar-refractivity contribution in [2.75, 3.05) is 5.32 Å². The van der Waals surface area contributed by atoms with E-state index in [0.717, 1.165) is 11.3 Å². The first kappa shape index (κ1) is 21.7. The second kappa shape index (κ2) is 9.32. The largest absolute Gasteiger partial charge is 0.294 e. The maximum absolute atomic E-state index is 13.6. The van der Waals surface area contributed by atoms with E-state index >= 15 is 0 Å². The molecule has 4 aromatic rings. The minimum Gasteiger partial charge on any atom is -0.294 e. The molecule has 32 heavy (non-hydrogen) atoms. The molecule has 1 unspecified atom stereocenters. The van der Waals surface area contributed by atoms with Gasteiger partial charge in [-0.3, -0.25) is 19.5 Å². The molecule has 0 aliphatic heterocycles. The highest BCUT2D eigenvalue weighted by atomic mass is 32.2. The molecule has 7 nitrogen and oxygen atoms in total. The van der Waals surface area contributed by atoms with Crippen LogP contribution in [-0.2, 0) is 4.79 Å². The number of para-hydroxylation sites is 2. The smallest absolute Gasteiger partial charge is 0.266 e. The minimum atomic E-state index is -0.538. The lowest BCUT2D eigenvalue weighted by molar-refractivity contribution is -0.115. The molecular weight excluding hydrogens is 422 g/mol. The van der Waals surface area contributed by atoms with Gasteiger partial charge in [0.2, 0.25) is 11.9 Å². The van der Waals surface area contributed by atoms with Crippen LogP contribution in [0.5, 0.6) is 0 Å². The minimum absolute atomic E-state index is 0.162. The van der Waals surface area contributed by atoms with Crippen molar-refractivity contribution < 1.29 is 4.79 Å². The first-order chi connectivity index (χ1) is 15.5. The van der Waals surface area contributed by atoms with Crippen molar-refractivity contribution in [3.8, 4) is 5.69 Å². The Morgan fingerprint density at radius 1 is 0.969 bits per heavy atom. The Bertz CT molecular complexity index is 1320. The van der Waals surface area contributed by atoms with Crippen molar-refractivity contribution in [1.82, 2.24) is 19.5 Å². The Hall–Kier alpha value is -3.52. The molecule has 0 spiro atoms. The number of anilines is 1.